The molecule has 0 saturated heterocycles. The lowest BCUT2D eigenvalue weighted by atomic mass is 9.90. The molecule has 3 heteroatoms. The highest BCUT2D eigenvalue weighted by molar-refractivity contribution is 5.95. The van der Waals surface area contributed by atoms with E-state index in [-0.39, 0.29) is 17.2 Å². The largest absolute Gasteiger partial charge is 0.347 e. The maximum Gasteiger partial charge on any atom is 0.247 e. The second-order valence-corrected chi connectivity index (χ2v) is 5.77. The smallest absolute Gasteiger partial charge is 0.247 e. The maximum absolute atomic E-state index is 12.3. The van der Waals surface area contributed by atoms with Crippen LogP contribution in [0.1, 0.15) is 67.2 Å². The van der Waals surface area contributed by atoms with E-state index in [2.05, 4.69) is 26.1 Å². The molecule has 0 radical (unpaired) electrons. The van der Waals surface area contributed by atoms with Gasteiger partial charge < -0.3 is 5.32 Å². The summed E-state index contributed by atoms with van der Waals surface area (Å²) in [5, 5.41) is 3.15. The molecule has 114 valence electrons. The van der Waals surface area contributed by atoms with Crippen LogP contribution >= 0.6 is 0 Å². The van der Waals surface area contributed by atoms with Crippen molar-refractivity contribution in [3.63, 3.8) is 0 Å². The Balaban J connectivity index is 4.96. The van der Waals surface area contributed by atoms with Crippen LogP contribution in [0, 0.1) is 0 Å². The van der Waals surface area contributed by atoms with E-state index in [9.17, 15) is 9.59 Å². The maximum atomic E-state index is 12.3. The molecule has 3 nitrogen and oxygen atoms in total. The van der Waals surface area contributed by atoms with Crippen molar-refractivity contribution in [2.75, 3.05) is 0 Å². The molecule has 0 aromatic carbocycles. The van der Waals surface area contributed by atoms with E-state index in [1.54, 1.807) is 13.0 Å². The third-order valence-electron chi connectivity index (χ3n) is 3.52. The number of carbonyl (C=O) groups excluding carboxylic acids is 2. The summed E-state index contributed by atoms with van der Waals surface area (Å²) in [5.74, 6) is -0.0561. The second kappa shape index (κ2) is 8.72. The minimum absolute atomic E-state index is 0.0145. The third kappa shape index (κ3) is 6.69. The van der Waals surface area contributed by atoms with Crippen LogP contribution in [0.15, 0.2) is 23.3 Å². The average molecular weight is 279 g/mol. The van der Waals surface area contributed by atoms with Gasteiger partial charge in [0.1, 0.15) is 0 Å². The Kier molecular flexibility index (Phi) is 8.12. The monoisotopic (exact) mass is 279 g/mol. The third-order valence-corrected chi connectivity index (χ3v) is 3.52. The van der Waals surface area contributed by atoms with E-state index in [0.29, 0.717) is 5.57 Å². The molecule has 0 aromatic heterocycles. The molecular formula is C17H29NO2. The van der Waals surface area contributed by atoms with Crippen molar-refractivity contribution in [2.45, 2.75) is 72.8 Å². The first-order valence-electron chi connectivity index (χ1n) is 7.44. The number of allylic oxidation sites excluding steroid dienone is 3. The van der Waals surface area contributed by atoms with Crippen LogP contribution in [0.3, 0.4) is 0 Å². The van der Waals surface area contributed by atoms with Gasteiger partial charge in [-0.25, -0.2) is 0 Å². The Hall–Kier alpha value is -1.38. The summed E-state index contributed by atoms with van der Waals surface area (Å²) in [4.78, 5) is 23.2. The van der Waals surface area contributed by atoms with E-state index in [4.69, 9.17) is 0 Å². The number of hydrogen-bond donors (Lipinski definition) is 1. The standard InChI is InChI=1S/C17H29NO2/c1-7-11-17(6,12-8-2)18-16(20)15(5)13(3)9-10-14(4)19/h9-10H,7-8,11-12H2,1-6H3,(H,18,20)/b10-9-,15-13+. The molecule has 0 bridgehead atoms. The van der Waals surface area contributed by atoms with Gasteiger partial charge in [0.25, 0.3) is 0 Å². The van der Waals surface area contributed by atoms with Crippen molar-refractivity contribution in [1.82, 2.24) is 5.32 Å². The molecule has 0 aliphatic rings. The summed E-state index contributed by atoms with van der Waals surface area (Å²) in [6.45, 7) is 11.5. The fourth-order valence-corrected chi connectivity index (χ4v) is 2.27. The van der Waals surface area contributed by atoms with Gasteiger partial charge in [0.2, 0.25) is 5.91 Å². The minimum atomic E-state index is -0.146. The van der Waals surface area contributed by atoms with E-state index < -0.39 is 0 Å². The second-order valence-electron chi connectivity index (χ2n) is 5.77. The van der Waals surface area contributed by atoms with E-state index >= 15 is 0 Å². The van der Waals surface area contributed by atoms with Crippen LogP contribution in [0.2, 0.25) is 0 Å². The highest BCUT2D eigenvalue weighted by Crippen LogP contribution is 2.20. The van der Waals surface area contributed by atoms with Gasteiger partial charge >= 0.3 is 0 Å². The van der Waals surface area contributed by atoms with Crippen LogP contribution in [-0.2, 0) is 9.59 Å². The molecule has 0 fully saturated rings. The molecule has 0 aliphatic carbocycles. The van der Waals surface area contributed by atoms with Crippen LogP contribution in [0.4, 0.5) is 0 Å². The molecule has 0 unspecified atom stereocenters. The summed E-state index contributed by atoms with van der Waals surface area (Å²) in [6, 6.07) is 0. The molecule has 1 N–H and O–H groups in total. The van der Waals surface area contributed by atoms with Crippen LogP contribution in [0.25, 0.3) is 0 Å². The topological polar surface area (TPSA) is 46.2 Å². The van der Waals surface area contributed by atoms with Crippen molar-refractivity contribution in [3.05, 3.63) is 23.3 Å². The molecule has 20 heavy (non-hydrogen) atoms. The minimum Gasteiger partial charge on any atom is -0.347 e. The zero-order chi connectivity index (χ0) is 15.8. The summed E-state index contributed by atoms with van der Waals surface area (Å²) < 4.78 is 0. The van der Waals surface area contributed by atoms with Crippen molar-refractivity contribution >= 4 is 11.7 Å². The number of carbonyl (C=O) groups is 2. The van der Waals surface area contributed by atoms with E-state index in [0.717, 1.165) is 31.3 Å². The fourth-order valence-electron chi connectivity index (χ4n) is 2.27. The molecule has 0 atom stereocenters. The number of rotatable bonds is 8. The fraction of sp³-hybridized carbons (Fsp3) is 0.647. The van der Waals surface area contributed by atoms with Gasteiger partial charge in [-0.1, -0.05) is 32.8 Å². The lowest BCUT2D eigenvalue weighted by molar-refractivity contribution is -0.119. The Bertz CT molecular complexity index is 399. The van der Waals surface area contributed by atoms with Gasteiger partial charge in [0, 0.05) is 11.1 Å². The highest BCUT2D eigenvalue weighted by atomic mass is 16.2. The lowest BCUT2D eigenvalue weighted by Crippen LogP contribution is -2.46. The molecule has 1 amide bonds. The number of hydrogen-bond acceptors (Lipinski definition) is 2. The van der Waals surface area contributed by atoms with Crippen LogP contribution in [0.5, 0.6) is 0 Å². The molecule has 0 heterocycles. The predicted molar refractivity (Wildman–Crippen MR) is 84.6 cm³/mol. The van der Waals surface area contributed by atoms with E-state index in [1.165, 1.54) is 13.0 Å². The zero-order valence-electron chi connectivity index (χ0n) is 13.8. The quantitative estimate of drug-likeness (QED) is 0.540. The van der Waals surface area contributed by atoms with Gasteiger partial charge in [0.15, 0.2) is 5.78 Å². The molecular weight excluding hydrogens is 250 g/mol. The van der Waals surface area contributed by atoms with Gasteiger partial charge in [-0.3, -0.25) is 9.59 Å². The summed E-state index contributed by atoms with van der Waals surface area (Å²) in [5.41, 5.74) is 1.35. The van der Waals surface area contributed by atoms with E-state index in [1.807, 2.05) is 6.92 Å². The van der Waals surface area contributed by atoms with Crippen molar-refractivity contribution in [2.24, 2.45) is 0 Å². The predicted octanol–water partition coefficient (Wildman–Crippen LogP) is 3.94. The summed E-state index contributed by atoms with van der Waals surface area (Å²) in [7, 11) is 0. The normalized spacial score (nSPS) is 13.3. The Labute approximate surface area is 123 Å². The first kappa shape index (κ1) is 18.6. The SMILES string of the molecule is CCCC(C)(CCC)NC(=O)/C(C)=C(C)/C=C\C(C)=O. The summed E-state index contributed by atoms with van der Waals surface area (Å²) >= 11 is 0. The number of amides is 1. The molecule has 0 spiro atoms. The Morgan fingerprint density at radius 3 is 1.90 bits per heavy atom. The molecule has 0 aliphatic heterocycles. The van der Waals surface area contributed by atoms with Crippen molar-refractivity contribution in [1.29, 1.82) is 0 Å². The van der Waals surface area contributed by atoms with Gasteiger partial charge in [-0.15, -0.1) is 0 Å². The van der Waals surface area contributed by atoms with Gasteiger partial charge in [-0.2, -0.15) is 0 Å². The zero-order valence-corrected chi connectivity index (χ0v) is 13.8. The first-order valence-corrected chi connectivity index (χ1v) is 7.44. The van der Waals surface area contributed by atoms with Crippen LogP contribution in [-0.4, -0.2) is 17.2 Å². The number of nitrogens with one attached hydrogen (secondary N) is 1. The van der Waals surface area contributed by atoms with Crippen molar-refractivity contribution < 1.29 is 9.59 Å². The molecule has 0 aromatic rings. The first-order chi connectivity index (χ1) is 9.25. The van der Waals surface area contributed by atoms with Crippen LogP contribution < -0.4 is 5.32 Å². The van der Waals surface area contributed by atoms with Crippen molar-refractivity contribution in [3.8, 4) is 0 Å². The molecule has 0 saturated carbocycles. The van der Waals surface area contributed by atoms with Gasteiger partial charge in [-0.05, 0) is 52.2 Å². The average Bonchev–Trinajstić information content (AvgIpc) is 2.35. The molecule has 0 rings (SSSR count). The van der Waals surface area contributed by atoms with Gasteiger partial charge in [0.05, 0.1) is 0 Å². The Morgan fingerprint density at radius 2 is 1.50 bits per heavy atom. The lowest BCUT2D eigenvalue weighted by Gasteiger charge is -2.30. The number of ketones is 1. The highest BCUT2D eigenvalue weighted by Gasteiger charge is 2.25. The Morgan fingerprint density at radius 1 is 1.00 bits per heavy atom. The summed E-state index contributed by atoms with van der Waals surface area (Å²) in [6.07, 6.45) is 7.23.